The summed E-state index contributed by atoms with van der Waals surface area (Å²) in [7, 11) is 1.38. The highest BCUT2D eigenvalue weighted by Crippen LogP contribution is 2.10. The summed E-state index contributed by atoms with van der Waals surface area (Å²) >= 11 is 0. The number of hydrogen-bond donors (Lipinski definition) is 1. The van der Waals surface area contributed by atoms with Crippen molar-refractivity contribution in [2.75, 3.05) is 20.3 Å². The standard InChI is InChI=1S/C11H21NO3/c1-9(11(13)14-2)15-8-6-10-5-3-4-7-12-10/h9-10,12H,3-8H2,1-2H3. The van der Waals surface area contributed by atoms with Gasteiger partial charge in [0, 0.05) is 12.6 Å². The van der Waals surface area contributed by atoms with E-state index in [4.69, 9.17) is 4.74 Å². The number of hydrogen-bond acceptors (Lipinski definition) is 4. The van der Waals surface area contributed by atoms with Crippen molar-refractivity contribution < 1.29 is 14.3 Å². The van der Waals surface area contributed by atoms with E-state index in [2.05, 4.69) is 10.1 Å². The van der Waals surface area contributed by atoms with Crippen LogP contribution in [0.25, 0.3) is 0 Å². The van der Waals surface area contributed by atoms with E-state index in [9.17, 15) is 4.79 Å². The van der Waals surface area contributed by atoms with Crippen molar-refractivity contribution in [3.8, 4) is 0 Å². The number of rotatable bonds is 5. The third kappa shape index (κ3) is 4.62. The normalized spacial score (nSPS) is 23.5. The topological polar surface area (TPSA) is 47.6 Å². The molecule has 1 heterocycles. The lowest BCUT2D eigenvalue weighted by atomic mass is 10.0. The van der Waals surface area contributed by atoms with Gasteiger partial charge in [-0.2, -0.15) is 0 Å². The Balaban J connectivity index is 2.07. The zero-order valence-corrected chi connectivity index (χ0v) is 9.62. The summed E-state index contributed by atoms with van der Waals surface area (Å²) in [6.07, 6.45) is 4.32. The van der Waals surface area contributed by atoms with E-state index in [1.165, 1.54) is 26.4 Å². The van der Waals surface area contributed by atoms with E-state index < -0.39 is 6.10 Å². The van der Waals surface area contributed by atoms with Gasteiger partial charge >= 0.3 is 5.97 Å². The second-order valence-corrected chi connectivity index (χ2v) is 3.97. The first kappa shape index (κ1) is 12.5. The number of nitrogens with one attached hydrogen (secondary N) is 1. The molecule has 0 aromatic carbocycles. The van der Waals surface area contributed by atoms with Crippen molar-refractivity contribution in [1.82, 2.24) is 5.32 Å². The van der Waals surface area contributed by atoms with Gasteiger partial charge in [-0.15, -0.1) is 0 Å². The van der Waals surface area contributed by atoms with Crippen molar-refractivity contribution in [3.63, 3.8) is 0 Å². The number of piperidine rings is 1. The van der Waals surface area contributed by atoms with Crippen LogP contribution < -0.4 is 5.32 Å². The molecule has 88 valence electrons. The Labute approximate surface area is 91.3 Å². The molecule has 15 heavy (non-hydrogen) atoms. The molecule has 4 nitrogen and oxygen atoms in total. The molecule has 1 rings (SSSR count). The Morgan fingerprint density at radius 1 is 1.53 bits per heavy atom. The first-order valence-corrected chi connectivity index (χ1v) is 5.67. The second-order valence-electron chi connectivity index (χ2n) is 3.97. The first-order valence-electron chi connectivity index (χ1n) is 5.67. The van der Waals surface area contributed by atoms with Crippen LogP contribution >= 0.6 is 0 Å². The van der Waals surface area contributed by atoms with E-state index in [1.807, 2.05) is 0 Å². The monoisotopic (exact) mass is 215 g/mol. The van der Waals surface area contributed by atoms with E-state index >= 15 is 0 Å². The molecule has 2 unspecified atom stereocenters. The van der Waals surface area contributed by atoms with Crippen LogP contribution in [0.1, 0.15) is 32.6 Å². The van der Waals surface area contributed by atoms with Crippen LogP contribution in [0.5, 0.6) is 0 Å². The Bertz CT molecular complexity index is 190. The highest BCUT2D eigenvalue weighted by molar-refractivity contribution is 5.73. The van der Waals surface area contributed by atoms with Crippen molar-refractivity contribution in [2.45, 2.75) is 44.8 Å². The largest absolute Gasteiger partial charge is 0.467 e. The summed E-state index contributed by atoms with van der Waals surface area (Å²) in [5, 5.41) is 3.44. The predicted molar refractivity (Wildman–Crippen MR) is 57.7 cm³/mol. The Morgan fingerprint density at radius 3 is 2.93 bits per heavy atom. The minimum absolute atomic E-state index is 0.299. The lowest BCUT2D eigenvalue weighted by molar-refractivity contribution is -0.153. The van der Waals surface area contributed by atoms with E-state index in [0.29, 0.717) is 12.6 Å². The Morgan fingerprint density at radius 2 is 2.33 bits per heavy atom. The predicted octanol–water partition coefficient (Wildman–Crippen LogP) is 1.10. The van der Waals surface area contributed by atoms with E-state index in [-0.39, 0.29) is 5.97 Å². The number of methoxy groups -OCH3 is 1. The van der Waals surface area contributed by atoms with Crippen molar-refractivity contribution in [3.05, 3.63) is 0 Å². The molecular weight excluding hydrogens is 194 g/mol. The smallest absolute Gasteiger partial charge is 0.334 e. The number of carbonyl (C=O) groups is 1. The maximum atomic E-state index is 11.0. The fourth-order valence-corrected chi connectivity index (χ4v) is 1.79. The van der Waals surface area contributed by atoms with Gasteiger partial charge in [-0.25, -0.2) is 4.79 Å². The maximum absolute atomic E-state index is 11.0. The molecule has 0 amide bonds. The molecule has 0 aromatic rings. The zero-order chi connectivity index (χ0) is 11.1. The molecule has 0 bridgehead atoms. The summed E-state index contributed by atoms with van der Waals surface area (Å²) in [6.45, 7) is 3.45. The van der Waals surface area contributed by atoms with Crippen LogP contribution in [0.15, 0.2) is 0 Å². The lowest BCUT2D eigenvalue weighted by Crippen LogP contribution is -2.35. The van der Waals surface area contributed by atoms with Gasteiger partial charge in [0.2, 0.25) is 0 Å². The lowest BCUT2D eigenvalue weighted by Gasteiger charge is -2.23. The number of esters is 1. The average Bonchev–Trinajstić information content (AvgIpc) is 2.29. The molecule has 4 heteroatoms. The summed E-state index contributed by atoms with van der Waals surface area (Å²) in [5.41, 5.74) is 0. The molecule has 0 aliphatic carbocycles. The zero-order valence-electron chi connectivity index (χ0n) is 9.62. The fraction of sp³-hybridized carbons (Fsp3) is 0.909. The van der Waals surface area contributed by atoms with Crippen LogP contribution in [0.4, 0.5) is 0 Å². The summed E-state index contributed by atoms with van der Waals surface area (Å²) < 4.78 is 9.96. The molecular formula is C11H21NO3. The maximum Gasteiger partial charge on any atom is 0.334 e. The van der Waals surface area contributed by atoms with Crippen molar-refractivity contribution in [2.24, 2.45) is 0 Å². The molecule has 0 aromatic heterocycles. The van der Waals surface area contributed by atoms with Gasteiger partial charge in [0.15, 0.2) is 6.10 Å². The van der Waals surface area contributed by atoms with E-state index in [0.717, 1.165) is 13.0 Å². The SMILES string of the molecule is COC(=O)C(C)OCCC1CCCCN1. The molecule has 1 saturated heterocycles. The summed E-state index contributed by atoms with van der Waals surface area (Å²) in [5.74, 6) is -0.299. The molecule has 0 saturated carbocycles. The quantitative estimate of drug-likeness (QED) is 0.698. The van der Waals surface area contributed by atoms with Gasteiger partial charge in [-0.3, -0.25) is 0 Å². The molecule has 1 fully saturated rings. The van der Waals surface area contributed by atoms with Gasteiger partial charge in [0.25, 0.3) is 0 Å². The number of ether oxygens (including phenoxy) is 2. The average molecular weight is 215 g/mol. The van der Waals surface area contributed by atoms with E-state index in [1.54, 1.807) is 6.92 Å². The van der Waals surface area contributed by atoms with Gasteiger partial charge in [0.1, 0.15) is 0 Å². The summed E-state index contributed by atoms with van der Waals surface area (Å²) in [6, 6.07) is 0.559. The molecule has 0 radical (unpaired) electrons. The third-order valence-corrected chi connectivity index (χ3v) is 2.78. The third-order valence-electron chi connectivity index (χ3n) is 2.78. The van der Waals surface area contributed by atoms with Crippen molar-refractivity contribution >= 4 is 5.97 Å². The molecule has 1 N–H and O–H groups in total. The van der Waals surface area contributed by atoms with Gasteiger partial charge in [-0.1, -0.05) is 6.42 Å². The van der Waals surface area contributed by atoms with Crippen LogP contribution in [0.3, 0.4) is 0 Å². The van der Waals surface area contributed by atoms with Gasteiger partial charge in [0.05, 0.1) is 7.11 Å². The molecule has 1 aliphatic heterocycles. The van der Waals surface area contributed by atoms with Crippen molar-refractivity contribution in [1.29, 1.82) is 0 Å². The second kappa shape index (κ2) is 6.80. The van der Waals surface area contributed by atoms with Crippen LogP contribution in [0, 0.1) is 0 Å². The molecule has 1 aliphatic rings. The highest BCUT2D eigenvalue weighted by atomic mass is 16.6. The van der Waals surface area contributed by atoms with Gasteiger partial charge < -0.3 is 14.8 Å². The van der Waals surface area contributed by atoms with Gasteiger partial charge in [-0.05, 0) is 32.7 Å². The number of carbonyl (C=O) groups excluding carboxylic acids is 1. The minimum atomic E-state index is -0.446. The minimum Gasteiger partial charge on any atom is -0.467 e. The van der Waals surface area contributed by atoms with Crippen LogP contribution in [0.2, 0.25) is 0 Å². The molecule has 2 atom stereocenters. The first-order chi connectivity index (χ1) is 7.24. The Kier molecular flexibility index (Phi) is 5.65. The summed E-state index contributed by atoms with van der Waals surface area (Å²) in [4.78, 5) is 11.0. The van der Waals surface area contributed by atoms with Crippen LogP contribution in [-0.4, -0.2) is 38.4 Å². The molecule has 0 spiro atoms. The Hall–Kier alpha value is -0.610. The highest BCUT2D eigenvalue weighted by Gasteiger charge is 2.16. The van der Waals surface area contributed by atoms with Crippen LogP contribution in [-0.2, 0) is 14.3 Å². The fourth-order valence-electron chi connectivity index (χ4n) is 1.79.